The Morgan fingerprint density at radius 3 is 2.04 bits per heavy atom. The van der Waals surface area contributed by atoms with Gasteiger partial charge in [-0.3, -0.25) is 9.35 Å². The van der Waals surface area contributed by atoms with Crippen molar-refractivity contribution in [2.75, 3.05) is 18.9 Å². The SMILES string of the molecule is CC1(C)[C@H](CO)[C@@H]1CN.CC1(C)[C@H]2CC[C@]1(CS(=O)(=O)O)C(=O)C2. The Kier molecular flexibility index (Phi) is 4.99. The van der Waals surface area contributed by atoms with Gasteiger partial charge < -0.3 is 10.8 Å². The lowest BCUT2D eigenvalue weighted by molar-refractivity contribution is -0.128. The highest BCUT2D eigenvalue weighted by Gasteiger charge is 2.65. The highest BCUT2D eigenvalue weighted by Crippen LogP contribution is 2.64. The molecule has 24 heavy (non-hydrogen) atoms. The first kappa shape index (κ1) is 19.8. The van der Waals surface area contributed by atoms with Crippen LogP contribution < -0.4 is 5.73 Å². The van der Waals surface area contributed by atoms with Gasteiger partial charge in [-0.05, 0) is 48.0 Å². The molecule has 0 aromatic rings. The number of hydrogen-bond acceptors (Lipinski definition) is 5. The minimum atomic E-state index is -4.08. The van der Waals surface area contributed by atoms with Gasteiger partial charge in [0.05, 0.1) is 11.2 Å². The molecule has 0 amide bonds. The molecule has 0 unspecified atom stereocenters. The maximum atomic E-state index is 11.9. The Labute approximate surface area is 144 Å². The van der Waals surface area contributed by atoms with Crippen LogP contribution in [0.4, 0.5) is 0 Å². The zero-order valence-corrected chi connectivity index (χ0v) is 15.9. The monoisotopic (exact) mass is 361 g/mol. The molecule has 0 aromatic heterocycles. The summed E-state index contributed by atoms with van der Waals surface area (Å²) >= 11 is 0. The van der Waals surface area contributed by atoms with Gasteiger partial charge in [-0.15, -0.1) is 0 Å². The quantitative estimate of drug-likeness (QED) is 0.653. The van der Waals surface area contributed by atoms with Gasteiger partial charge in [0.1, 0.15) is 5.78 Å². The Morgan fingerprint density at radius 1 is 1.21 bits per heavy atom. The lowest BCUT2D eigenvalue weighted by Gasteiger charge is -2.35. The summed E-state index contributed by atoms with van der Waals surface area (Å²) in [6.45, 7) is 9.23. The average Bonchev–Trinajstić information content (AvgIpc) is 2.83. The Morgan fingerprint density at radius 2 is 1.79 bits per heavy atom. The number of Topliss-reactive ketones (excluding diaryl/α,β-unsaturated/α-hetero) is 1. The van der Waals surface area contributed by atoms with Gasteiger partial charge >= 0.3 is 0 Å². The third-order valence-electron chi connectivity index (χ3n) is 7.31. The van der Waals surface area contributed by atoms with E-state index in [4.69, 9.17) is 15.4 Å². The number of nitrogens with two attached hydrogens (primary N) is 1. The van der Waals surface area contributed by atoms with Crippen molar-refractivity contribution in [2.24, 2.45) is 39.7 Å². The molecule has 3 aliphatic carbocycles. The molecule has 3 fully saturated rings. The molecule has 0 heterocycles. The molecule has 140 valence electrons. The van der Waals surface area contributed by atoms with E-state index < -0.39 is 21.3 Å². The van der Waals surface area contributed by atoms with Crippen LogP contribution in [0.5, 0.6) is 0 Å². The predicted octanol–water partition coefficient (Wildman–Crippen LogP) is 1.48. The summed E-state index contributed by atoms with van der Waals surface area (Å²) in [5, 5.41) is 8.79. The Balaban J connectivity index is 0.000000198. The smallest absolute Gasteiger partial charge is 0.265 e. The van der Waals surface area contributed by atoms with Crippen molar-refractivity contribution >= 4 is 15.9 Å². The molecule has 2 bridgehead atoms. The number of rotatable bonds is 4. The fourth-order valence-electron chi connectivity index (χ4n) is 5.11. The second-order valence-corrected chi connectivity index (χ2v) is 10.3. The van der Waals surface area contributed by atoms with Crippen LogP contribution in [0.1, 0.15) is 47.0 Å². The van der Waals surface area contributed by atoms with E-state index in [0.717, 1.165) is 13.0 Å². The van der Waals surface area contributed by atoms with Crippen LogP contribution in [0.25, 0.3) is 0 Å². The largest absolute Gasteiger partial charge is 0.396 e. The van der Waals surface area contributed by atoms with E-state index in [9.17, 15) is 13.2 Å². The molecule has 3 rings (SSSR count). The topological polar surface area (TPSA) is 118 Å². The van der Waals surface area contributed by atoms with Crippen LogP contribution in [0, 0.1) is 34.0 Å². The van der Waals surface area contributed by atoms with Crippen molar-refractivity contribution in [3.05, 3.63) is 0 Å². The molecule has 0 aromatic carbocycles. The van der Waals surface area contributed by atoms with Crippen LogP contribution in [0.2, 0.25) is 0 Å². The molecule has 0 spiro atoms. The average molecular weight is 362 g/mol. The normalized spacial score (nSPS) is 38.6. The number of hydrogen-bond donors (Lipinski definition) is 3. The van der Waals surface area contributed by atoms with Gasteiger partial charge in [0.25, 0.3) is 10.1 Å². The molecule has 3 aliphatic rings. The zero-order chi connectivity index (χ0) is 18.6. The van der Waals surface area contributed by atoms with Gasteiger partial charge in [-0.1, -0.05) is 27.7 Å². The Bertz CT molecular complexity index is 600. The molecular formula is C17H31NO5S. The first-order chi connectivity index (χ1) is 10.8. The summed E-state index contributed by atoms with van der Waals surface area (Å²) in [7, 11) is -4.08. The summed E-state index contributed by atoms with van der Waals surface area (Å²) in [5.74, 6) is 0.917. The fraction of sp³-hybridized carbons (Fsp3) is 0.941. The van der Waals surface area contributed by atoms with E-state index in [1.807, 2.05) is 13.8 Å². The summed E-state index contributed by atoms with van der Waals surface area (Å²) in [4.78, 5) is 11.9. The van der Waals surface area contributed by atoms with E-state index in [-0.39, 0.29) is 17.1 Å². The predicted molar refractivity (Wildman–Crippen MR) is 91.9 cm³/mol. The van der Waals surface area contributed by atoms with Crippen molar-refractivity contribution in [3.8, 4) is 0 Å². The molecule has 7 heteroatoms. The molecule has 0 saturated heterocycles. The number of aliphatic hydroxyl groups is 1. The van der Waals surface area contributed by atoms with Gasteiger partial charge in [-0.25, -0.2) is 0 Å². The molecule has 4 N–H and O–H groups in total. The molecule has 6 nitrogen and oxygen atoms in total. The summed E-state index contributed by atoms with van der Waals surface area (Å²) in [6.07, 6.45) is 1.97. The summed E-state index contributed by atoms with van der Waals surface area (Å²) in [5.41, 5.74) is 4.65. The van der Waals surface area contributed by atoms with Crippen molar-refractivity contribution in [3.63, 3.8) is 0 Å². The number of carbonyl (C=O) groups is 1. The van der Waals surface area contributed by atoms with Crippen molar-refractivity contribution in [1.82, 2.24) is 0 Å². The third kappa shape index (κ3) is 3.04. The first-order valence-electron chi connectivity index (χ1n) is 8.63. The van der Waals surface area contributed by atoms with Crippen LogP contribution in [-0.4, -0.2) is 42.8 Å². The summed E-state index contributed by atoms with van der Waals surface area (Å²) in [6, 6.07) is 0. The lowest BCUT2D eigenvalue weighted by Crippen LogP contribution is -2.42. The molecule has 0 aliphatic heterocycles. The number of carbonyl (C=O) groups excluding carboxylic acids is 1. The fourth-order valence-corrected chi connectivity index (χ4v) is 6.41. The van der Waals surface area contributed by atoms with E-state index in [1.165, 1.54) is 0 Å². The third-order valence-corrected chi connectivity index (χ3v) is 8.16. The van der Waals surface area contributed by atoms with Crippen molar-refractivity contribution in [2.45, 2.75) is 47.0 Å². The summed E-state index contributed by atoms with van der Waals surface area (Å²) < 4.78 is 31.0. The molecule has 0 radical (unpaired) electrons. The molecule has 3 saturated carbocycles. The van der Waals surface area contributed by atoms with Crippen molar-refractivity contribution in [1.29, 1.82) is 0 Å². The molecule has 4 atom stereocenters. The maximum absolute atomic E-state index is 11.9. The van der Waals surface area contributed by atoms with Gasteiger partial charge in [0.15, 0.2) is 0 Å². The minimum absolute atomic E-state index is 0.0152. The number of ketones is 1. The van der Waals surface area contributed by atoms with Gasteiger partial charge in [-0.2, -0.15) is 8.42 Å². The minimum Gasteiger partial charge on any atom is -0.396 e. The van der Waals surface area contributed by atoms with Crippen LogP contribution in [-0.2, 0) is 14.9 Å². The highest BCUT2D eigenvalue weighted by molar-refractivity contribution is 7.85. The first-order valence-corrected chi connectivity index (χ1v) is 10.2. The second kappa shape index (κ2) is 6.04. The standard InChI is InChI=1S/C10H16O4S.C7H15NO/c1-9(2)7-3-4-10(9,8(11)5-7)6-15(12,13)14;1-7(2)5(3-8)6(7)4-9/h7H,3-6H2,1-2H3,(H,12,13,14);5-6,9H,3-4,8H2,1-2H3/t7-,10-;5-,6+/m00/s1. The maximum Gasteiger partial charge on any atom is 0.265 e. The number of aliphatic hydroxyl groups excluding tert-OH is 1. The zero-order valence-electron chi connectivity index (χ0n) is 15.1. The van der Waals surface area contributed by atoms with Crippen molar-refractivity contribution < 1.29 is 22.9 Å². The van der Waals surface area contributed by atoms with Crippen LogP contribution in [0.15, 0.2) is 0 Å². The van der Waals surface area contributed by atoms with E-state index >= 15 is 0 Å². The highest BCUT2D eigenvalue weighted by atomic mass is 32.2. The van der Waals surface area contributed by atoms with E-state index in [0.29, 0.717) is 36.7 Å². The van der Waals surface area contributed by atoms with Crippen LogP contribution in [0.3, 0.4) is 0 Å². The van der Waals surface area contributed by atoms with Gasteiger partial charge in [0.2, 0.25) is 0 Å². The molecular weight excluding hydrogens is 330 g/mol. The van der Waals surface area contributed by atoms with Crippen LogP contribution >= 0.6 is 0 Å². The van der Waals surface area contributed by atoms with Gasteiger partial charge in [0, 0.05) is 13.0 Å². The van der Waals surface area contributed by atoms with E-state index in [2.05, 4.69) is 13.8 Å². The Hall–Kier alpha value is -0.500. The number of fused-ring (bicyclic) bond motifs is 2. The van der Waals surface area contributed by atoms with E-state index in [1.54, 1.807) is 0 Å². The second-order valence-electron chi connectivity index (χ2n) is 8.85. The lowest BCUT2D eigenvalue weighted by atomic mass is 9.70.